The Bertz CT molecular complexity index is 619. The van der Waals surface area contributed by atoms with E-state index in [9.17, 15) is 4.79 Å². The molecule has 1 N–H and O–H groups in total. The molecule has 0 spiro atoms. The minimum Gasteiger partial charge on any atom is -0.347 e. The predicted molar refractivity (Wildman–Crippen MR) is 75.8 cm³/mol. The Balaban J connectivity index is 1.71. The van der Waals surface area contributed by atoms with Crippen LogP contribution < -0.4 is 5.32 Å². The monoisotopic (exact) mass is 291 g/mol. The van der Waals surface area contributed by atoms with Crippen LogP contribution in [-0.4, -0.2) is 31.7 Å². The summed E-state index contributed by atoms with van der Waals surface area (Å²) in [5.41, 5.74) is 2.50. The molecule has 1 atom stereocenters. The van der Waals surface area contributed by atoms with Gasteiger partial charge in [-0.3, -0.25) is 4.79 Å². The van der Waals surface area contributed by atoms with Crippen molar-refractivity contribution in [1.29, 1.82) is 0 Å². The van der Waals surface area contributed by atoms with E-state index in [0.29, 0.717) is 4.88 Å². The largest absolute Gasteiger partial charge is 0.347 e. The topological polar surface area (TPSA) is 72.7 Å². The molecule has 0 aliphatic carbocycles. The van der Waals surface area contributed by atoms with Crippen LogP contribution in [0.5, 0.6) is 0 Å². The Morgan fingerprint density at radius 1 is 1.55 bits per heavy atom. The smallest absolute Gasteiger partial charge is 0.263 e. The maximum absolute atomic E-state index is 12.2. The summed E-state index contributed by atoms with van der Waals surface area (Å²) in [4.78, 5) is 17.0. The first-order valence-corrected chi connectivity index (χ1v) is 7.69. The molecule has 1 aliphatic rings. The van der Waals surface area contributed by atoms with Crippen LogP contribution in [0, 0.1) is 6.92 Å². The third-order valence-corrected chi connectivity index (χ3v) is 4.55. The number of carbonyl (C=O) groups is 1. The van der Waals surface area contributed by atoms with Crippen LogP contribution in [0.25, 0.3) is 0 Å². The summed E-state index contributed by atoms with van der Waals surface area (Å²) >= 11 is 1.39. The fraction of sp³-hybridized carbons (Fsp3) is 0.538. The number of aromatic nitrogens is 4. The maximum atomic E-state index is 12.2. The molecule has 1 aliphatic heterocycles. The first-order chi connectivity index (χ1) is 9.69. The molecule has 7 heteroatoms. The van der Waals surface area contributed by atoms with E-state index in [0.717, 1.165) is 43.1 Å². The Morgan fingerprint density at radius 3 is 3.10 bits per heavy atom. The number of nitrogens with zero attached hydrogens (tertiary/aromatic N) is 4. The molecule has 0 aromatic carbocycles. The maximum Gasteiger partial charge on any atom is 0.263 e. The number of aryl methyl sites for hydroxylation is 3. The van der Waals surface area contributed by atoms with Crippen molar-refractivity contribution >= 4 is 17.2 Å². The first-order valence-electron chi connectivity index (χ1n) is 6.81. The van der Waals surface area contributed by atoms with E-state index in [-0.39, 0.29) is 11.9 Å². The molecular formula is C13H17N5OS. The molecule has 2 aromatic rings. The Kier molecular flexibility index (Phi) is 3.52. The fourth-order valence-corrected chi connectivity index (χ4v) is 3.24. The average Bonchev–Trinajstić information content (AvgIpc) is 3.04. The molecule has 0 saturated heterocycles. The minimum absolute atomic E-state index is 0.0235. The van der Waals surface area contributed by atoms with Gasteiger partial charge in [0.1, 0.15) is 16.5 Å². The molecule has 6 nitrogen and oxygen atoms in total. The first kappa shape index (κ1) is 13.2. The summed E-state index contributed by atoms with van der Waals surface area (Å²) in [6.07, 6.45) is 2.63. The second-order valence-corrected chi connectivity index (χ2v) is 5.83. The third kappa shape index (κ3) is 2.33. The number of hydrogen-bond donors (Lipinski definition) is 1. The van der Waals surface area contributed by atoms with Gasteiger partial charge in [-0.15, -0.1) is 21.5 Å². The van der Waals surface area contributed by atoms with Crippen LogP contribution >= 0.6 is 11.3 Å². The van der Waals surface area contributed by atoms with E-state index in [1.54, 1.807) is 5.51 Å². The molecule has 0 bridgehead atoms. The third-order valence-electron chi connectivity index (χ3n) is 3.63. The van der Waals surface area contributed by atoms with Gasteiger partial charge in [0.25, 0.3) is 5.91 Å². The van der Waals surface area contributed by atoms with Crippen molar-refractivity contribution in [2.24, 2.45) is 0 Å². The highest BCUT2D eigenvalue weighted by atomic mass is 32.1. The van der Waals surface area contributed by atoms with Gasteiger partial charge in [0.15, 0.2) is 0 Å². The summed E-state index contributed by atoms with van der Waals surface area (Å²) in [7, 11) is 0. The van der Waals surface area contributed by atoms with Crippen molar-refractivity contribution < 1.29 is 4.79 Å². The number of amides is 1. The van der Waals surface area contributed by atoms with Crippen LogP contribution in [-0.2, 0) is 19.4 Å². The Labute approximate surface area is 121 Å². The standard InChI is InChI=1S/C13H17N5OS/c1-3-10-16-17-11-5-4-9(6-18(10)11)15-13(19)12-8(2)14-7-20-12/h7,9H,3-6H2,1-2H3,(H,15,19). The fourth-order valence-electron chi connectivity index (χ4n) is 2.53. The number of carbonyl (C=O) groups excluding carboxylic acids is 1. The summed E-state index contributed by atoms with van der Waals surface area (Å²) in [6.45, 7) is 4.69. The van der Waals surface area contributed by atoms with Gasteiger partial charge in [-0.25, -0.2) is 4.98 Å². The lowest BCUT2D eigenvalue weighted by Crippen LogP contribution is -2.41. The van der Waals surface area contributed by atoms with Gasteiger partial charge >= 0.3 is 0 Å². The van der Waals surface area contributed by atoms with Crippen LogP contribution in [0.1, 0.15) is 40.4 Å². The summed E-state index contributed by atoms with van der Waals surface area (Å²) < 4.78 is 2.13. The highest BCUT2D eigenvalue weighted by Gasteiger charge is 2.24. The molecule has 1 unspecified atom stereocenters. The van der Waals surface area contributed by atoms with Crippen LogP contribution in [0.3, 0.4) is 0 Å². The molecule has 0 radical (unpaired) electrons. The quantitative estimate of drug-likeness (QED) is 0.926. The molecule has 1 amide bonds. The Hall–Kier alpha value is -1.76. The average molecular weight is 291 g/mol. The van der Waals surface area contributed by atoms with Crippen molar-refractivity contribution in [3.8, 4) is 0 Å². The van der Waals surface area contributed by atoms with Crippen molar-refractivity contribution in [2.45, 2.75) is 45.7 Å². The molecule has 0 fully saturated rings. The Morgan fingerprint density at radius 2 is 2.40 bits per heavy atom. The van der Waals surface area contributed by atoms with Gasteiger partial charge in [0, 0.05) is 25.4 Å². The number of nitrogens with one attached hydrogen (secondary N) is 1. The van der Waals surface area contributed by atoms with Gasteiger partial charge in [0.05, 0.1) is 11.2 Å². The lowest BCUT2D eigenvalue weighted by atomic mass is 10.1. The van der Waals surface area contributed by atoms with E-state index >= 15 is 0 Å². The van der Waals surface area contributed by atoms with Crippen LogP contribution in [0.15, 0.2) is 5.51 Å². The van der Waals surface area contributed by atoms with Crippen LogP contribution in [0.4, 0.5) is 0 Å². The second-order valence-electron chi connectivity index (χ2n) is 4.97. The predicted octanol–water partition coefficient (Wildman–Crippen LogP) is 1.35. The lowest BCUT2D eigenvalue weighted by molar-refractivity contribution is 0.0930. The van der Waals surface area contributed by atoms with E-state index in [2.05, 4.69) is 32.0 Å². The number of thiazole rings is 1. The minimum atomic E-state index is -0.0235. The highest BCUT2D eigenvalue weighted by molar-refractivity contribution is 7.11. The summed E-state index contributed by atoms with van der Waals surface area (Å²) in [6, 6.07) is 0.137. The van der Waals surface area contributed by atoms with Gasteiger partial charge in [-0.2, -0.15) is 0 Å². The molecular weight excluding hydrogens is 274 g/mol. The summed E-state index contributed by atoms with van der Waals surface area (Å²) in [5.74, 6) is 2.00. The number of rotatable bonds is 3. The van der Waals surface area contributed by atoms with E-state index in [1.807, 2.05) is 6.92 Å². The summed E-state index contributed by atoms with van der Waals surface area (Å²) in [5, 5.41) is 11.5. The van der Waals surface area contributed by atoms with Crippen molar-refractivity contribution in [3.63, 3.8) is 0 Å². The van der Waals surface area contributed by atoms with Crippen molar-refractivity contribution in [1.82, 2.24) is 25.1 Å². The lowest BCUT2D eigenvalue weighted by Gasteiger charge is -2.25. The van der Waals surface area contributed by atoms with Crippen molar-refractivity contribution in [3.05, 3.63) is 27.7 Å². The molecule has 106 valence electrons. The van der Waals surface area contributed by atoms with E-state index in [1.165, 1.54) is 11.3 Å². The number of hydrogen-bond acceptors (Lipinski definition) is 5. The van der Waals surface area contributed by atoms with Gasteiger partial charge in [-0.05, 0) is 13.3 Å². The molecule has 2 aromatic heterocycles. The van der Waals surface area contributed by atoms with Crippen LogP contribution in [0.2, 0.25) is 0 Å². The zero-order valence-corrected chi connectivity index (χ0v) is 12.4. The molecule has 3 rings (SSSR count). The highest BCUT2D eigenvalue weighted by Crippen LogP contribution is 2.17. The second kappa shape index (κ2) is 5.32. The molecule has 20 heavy (non-hydrogen) atoms. The van der Waals surface area contributed by atoms with Gasteiger partial charge in [-0.1, -0.05) is 6.92 Å². The zero-order chi connectivity index (χ0) is 14.1. The van der Waals surface area contributed by atoms with Crippen molar-refractivity contribution in [2.75, 3.05) is 0 Å². The SMILES string of the molecule is CCc1nnc2n1CC(NC(=O)c1scnc1C)CC2. The normalized spacial score (nSPS) is 17.8. The number of fused-ring (bicyclic) bond motifs is 1. The molecule has 3 heterocycles. The van der Waals surface area contributed by atoms with Gasteiger partial charge < -0.3 is 9.88 Å². The van der Waals surface area contributed by atoms with E-state index in [4.69, 9.17) is 0 Å². The van der Waals surface area contributed by atoms with Gasteiger partial charge in [0.2, 0.25) is 0 Å². The van der Waals surface area contributed by atoms with E-state index < -0.39 is 0 Å². The molecule has 0 saturated carbocycles. The zero-order valence-electron chi connectivity index (χ0n) is 11.6.